The Morgan fingerprint density at radius 3 is 2.47 bits per heavy atom. The lowest BCUT2D eigenvalue weighted by Crippen LogP contribution is -2.14. The number of carbonyl (C=O) groups excluding carboxylic acids is 2. The molecule has 166 valence electrons. The molecule has 0 atom stereocenters. The van der Waals surface area contributed by atoms with Crippen LogP contribution in [0.5, 0.6) is 11.5 Å². The number of nitro groups is 1. The summed E-state index contributed by atoms with van der Waals surface area (Å²) < 4.78 is 10.6. The normalized spacial score (nSPS) is 10.3. The van der Waals surface area contributed by atoms with Crippen LogP contribution in [-0.2, 0) is 4.79 Å². The van der Waals surface area contributed by atoms with E-state index in [1.807, 2.05) is 0 Å². The van der Waals surface area contributed by atoms with Gasteiger partial charge in [-0.05, 0) is 19.1 Å². The van der Waals surface area contributed by atoms with E-state index in [2.05, 4.69) is 15.6 Å². The van der Waals surface area contributed by atoms with Gasteiger partial charge in [-0.25, -0.2) is 4.98 Å². The number of benzene rings is 2. The minimum atomic E-state index is -0.694. The van der Waals surface area contributed by atoms with E-state index in [0.29, 0.717) is 11.4 Å². The quantitative estimate of drug-likeness (QED) is 0.381. The number of amides is 2. The maximum Gasteiger partial charge on any atom is 0.286 e. The van der Waals surface area contributed by atoms with E-state index >= 15 is 0 Å². The second-order valence-electron chi connectivity index (χ2n) is 6.46. The van der Waals surface area contributed by atoms with Crippen LogP contribution in [0.25, 0.3) is 11.3 Å². The van der Waals surface area contributed by atoms with Gasteiger partial charge in [0.25, 0.3) is 11.6 Å². The van der Waals surface area contributed by atoms with Crippen molar-refractivity contribution >= 4 is 39.7 Å². The van der Waals surface area contributed by atoms with Crippen molar-refractivity contribution in [1.82, 2.24) is 4.98 Å². The average Bonchev–Trinajstić information content (AvgIpc) is 3.22. The second-order valence-corrected chi connectivity index (χ2v) is 7.32. The summed E-state index contributed by atoms with van der Waals surface area (Å²) in [6, 6.07) is 9.49. The molecule has 32 heavy (non-hydrogen) atoms. The molecular formula is C21H20N4O6S. The molecule has 0 radical (unpaired) electrons. The molecule has 3 aromatic rings. The number of aromatic nitrogens is 1. The van der Waals surface area contributed by atoms with Gasteiger partial charge < -0.3 is 14.8 Å². The zero-order chi connectivity index (χ0) is 23.3. The first-order valence-electron chi connectivity index (χ1n) is 9.46. The van der Waals surface area contributed by atoms with E-state index in [1.54, 1.807) is 36.6 Å². The van der Waals surface area contributed by atoms with Gasteiger partial charge in [-0.15, -0.1) is 11.3 Å². The molecule has 11 heteroatoms. The van der Waals surface area contributed by atoms with Crippen LogP contribution in [0.1, 0.15) is 24.2 Å². The van der Waals surface area contributed by atoms with Crippen molar-refractivity contribution in [3.05, 3.63) is 57.5 Å². The standard InChI is InChI=1S/C21H20N4O6S/c1-4-31-19-10-17(25(28)29)15(9-18(19)30-3)20(27)24-21-23-16(11-32-21)13-5-7-14(8-6-13)22-12(2)26/h5-11H,4H2,1-3H3,(H,22,26)(H,23,24,27). The Labute approximate surface area is 187 Å². The second kappa shape index (κ2) is 9.88. The van der Waals surface area contributed by atoms with Crippen molar-refractivity contribution in [2.75, 3.05) is 24.4 Å². The summed E-state index contributed by atoms with van der Waals surface area (Å²) in [6.07, 6.45) is 0. The number of anilines is 2. The molecule has 2 aromatic carbocycles. The molecule has 0 aliphatic heterocycles. The van der Waals surface area contributed by atoms with Crippen LogP contribution in [0, 0.1) is 10.1 Å². The Morgan fingerprint density at radius 1 is 1.16 bits per heavy atom. The van der Waals surface area contributed by atoms with E-state index in [0.717, 1.165) is 5.56 Å². The van der Waals surface area contributed by atoms with E-state index in [4.69, 9.17) is 9.47 Å². The van der Waals surface area contributed by atoms with E-state index in [1.165, 1.54) is 37.5 Å². The molecule has 0 spiro atoms. The Kier molecular flexibility index (Phi) is 7.00. The van der Waals surface area contributed by atoms with Gasteiger partial charge >= 0.3 is 0 Å². The SMILES string of the molecule is CCOc1cc([N+](=O)[O-])c(C(=O)Nc2nc(-c3ccc(NC(C)=O)cc3)cs2)cc1OC. The molecule has 0 saturated carbocycles. The summed E-state index contributed by atoms with van der Waals surface area (Å²) in [6.45, 7) is 3.44. The molecule has 3 rings (SSSR count). The van der Waals surface area contributed by atoms with Gasteiger partial charge in [-0.3, -0.25) is 25.0 Å². The van der Waals surface area contributed by atoms with Crippen LogP contribution in [0.2, 0.25) is 0 Å². The number of hydrogen-bond acceptors (Lipinski definition) is 8. The van der Waals surface area contributed by atoms with Crippen molar-refractivity contribution in [2.24, 2.45) is 0 Å². The Morgan fingerprint density at radius 2 is 1.88 bits per heavy atom. The summed E-state index contributed by atoms with van der Waals surface area (Å²) in [4.78, 5) is 39.1. The molecule has 1 aromatic heterocycles. The van der Waals surface area contributed by atoms with Gasteiger partial charge in [0.05, 0.1) is 30.4 Å². The first-order chi connectivity index (χ1) is 15.3. The molecule has 0 saturated heterocycles. The van der Waals surface area contributed by atoms with Gasteiger partial charge in [0.2, 0.25) is 5.91 Å². The van der Waals surface area contributed by atoms with Crippen LogP contribution in [0.4, 0.5) is 16.5 Å². The minimum Gasteiger partial charge on any atom is -0.493 e. The molecule has 10 nitrogen and oxygen atoms in total. The number of thiazole rings is 1. The molecule has 0 bridgehead atoms. The number of ether oxygens (including phenoxy) is 2. The van der Waals surface area contributed by atoms with Crippen molar-refractivity contribution in [1.29, 1.82) is 0 Å². The van der Waals surface area contributed by atoms with E-state index in [-0.39, 0.29) is 34.7 Å². The lowest BCUT2D eigenvalue weighted by molar-refractivity contribution is -0.385. The monoisotopic (exact) mass is 456 g/mol. The summed E-state index contributed by atoms with van der Waals surface area (Å²) in [5.41, 5.74) is 1.47. The van der Waals surface area contributed by atoms with Crippen LogP contribution in [0.15, 0.2) is 41.8 Å². The number of nitrogens with zero attached hydrogens (tertiary/aromatic N) is 2. The fourth-order valence-corrected chi connectivity index (χ4v) is 3.58. The average molecular weight is 456 g/mol. The largest absolute Gasteiger partial charge is 0.493 e. The number of methoxy groups -OCH3 is 1. The highest BCUT2D eigenvalue weighted by Crippen LogP contribution is 2.35. The molecular weight excluding hydrogens is 436 g/mol. The van der Waals surface area contributed by atoms with Crippen LogP contribution < -0.4 is 20.1 Å². The van der Waals surface area contributed by atoms with Gasteiger partial charge in [-0.2, -0.15) is 0 Å². The van der Waals surface area contributed by atoms with Crippen LogP contribution >= 0.6 is 11.3 Å². The van der Waals surface area contributed by atoms with Crippen molar-refractivity contribution in [3.63, 3.8) is 0 Å². The number of carbonyl (C=O) groups is 2. The van der Waals surface area contributed by atoms with E-state index < -0.39 is 16.5 Å². The molecule has 2 N–H and O–H groups in total. The van der Waals surface area contributed by atoms with Crippen LogP contribution in [-0.4, -0.2) is 35.4 Å². The maximum atomic E-state index is 12.8. The molecule has 1 heterocycles. The Bertz CT molecular complexity index is 1160. The summed E-state index contributed by atoms with van der Waals surface area (Å²) >= 11 is 1.18. The van der Waals surface area contributed by atoms with Crippen molar-refractivity contribution in [3.8, 4) is 22.8 Å². The first kappa shape index (κ1) is 22.7. The summed E-state index contributed by atoms with van der Waals surface area (Å²) in [7, 11) is 1.38. The number of rotatable bonds is 8. The number of hydrogen-bond donors (Lipinski definition) is 2. The fraction of sp³-hybridized carbons (Fsp3) is 0.190. The lowest BCUT2D eigenvalue weighted by Gasteiger charge is -2.11. The zero-order valence-electron chi connectivity index (χ0n) is 17.5. The highest BCUT2D eigenvalue weighted by Gasteiger charge is 2.25. The van der Waals surface area contributed by atoms with Gasteiger partial charge in [0.1, 0.15) is 5.56 Å². The van der Waals surface area contributed by atoms with Crippen molar-refractivity contribution in [2.45, 2.75) is 13.8 Å². The number of nitrogens with one attached hydrogen (secondary N) is 2. The predicted molar refractivity (Wildman–Crippen MR) is 121 cm³/mol. The third-order valence-corrected chi connectivity index (χ3v) is 5.01. The van der Waals surface area contributed by atoms with Crippen LogP contribution in [0.3, 0.4) is 0 Å². The van der Waals surface area contributed by atoms with Crippen molar-refractivity contribution < 1.29 is 24.0 Å². The molecule has 0 unspecified atom stereocenters. The topological polar surface area (TPSA) is 133 Å². The van der Waals surface area contributed by atoms with Gasteiger partial charge in [0.15, 0.2) is 16.6 Å². The Hall–Kier alpha value is -3.99. The summed E-state index contributed by atoms with van der Waals surface area (Å²) in [5.74, 6) is -0.476. The molecule has 0 aliphatic rings. The third kappa shape index (κ3) is 5.19. The highest BCUT2D eigenvalue weighted by atomic mass is 32.1. The minimum absolute atomic E-state index is 0.170. The Balaban J connectivity index is 1.83. The van der Waals surface area contributed by atoms with E-state index in [9.17, 15) is 19.7 Å². The van der Waals surface area contributed by atoms with Gasteiger partial charge in [-0.1, -0.05) is 12.1 Å². The summed E-state index contributed by atoms with van der Waals surface area (Å²) in [5, 5.41) is 18.8. The third-order valence-electron chi connectivity index (χ3n) is 4.25. The molecule has 0 fully saturated rings. The maximum absolute atomic E-state index is 12.8. The zero-order valence-corrected chi connectivity index (χ0v) is 18.3. The predicted octanol–water partition coefficient (Wildman–Crippen LogP) is 4.34. The highest BCUT2D eigenvalue weighted by molar-refractivity contribution is 7.14. The fourth-order valence-electron chi connectivity index (χ4n) is 2.87. The smallest absolute Gasteiger partial charge is 0.286 e. The molecule has 2 amide bonds. The first-order valence-corrected chi connectivity index (χ1v) is 10.3. The lowest BCUT2D eigenvalue weighted by atomic mass is 10.1. The van der Waals surface area contributed by atoms with Gasteiger partial charge in [0, 0.05) is 29.6 Å². The molecule has 0 aliphatic carbocycles. The number of nitro benzene ring substituents is 1.